The van der Waals surface area contributed by atoms with Crippen molar-refractivity contribution in [2.24, 2.45) is 11.7 Å². The van der Waals surface area contributed by atoms with Crippen molar-refractivity contribution in [1.29, 1.82) is 0 Å². The van der Waals surface area contributed by atoms with Gasteiger partial charge in [0.05, 0.1) is 0 Å². The van der Waals surface area contributed by atoms with Gasteiger partial charge >= 0.3 is 0 Å². The Bertz CT molecular complexity index is 575. The number of piperidine rings is 1. The second-order valence-corrected chi connectivity index (χ2v) is 7.48. The first-order chi connectivity index (χ1) is 11.3. The smallest absolute Gasteiger partial charge is 0.263 e. The van der Waals surface area contributed by atoms with Crippen LogP contribution in [-0.2, 0) is 4.79 Å². The summed E-state index contributed by atoms with van der Waals surface area (Å²) in [4.78, 5) is 14.6. The van der Waals surface area contributed by atoms with E-state index in [0.717, 1.165) is 31.7 Å². The predicted molar refractivity (Wildman–Crippen MR) is 106 cm³/mol. The van der Waals surface area contributed by atoms with Crippen LogP contribution in [0.25, 0.3) is 0 Å². The van der Waals surface area contributed by atoms with Crippen molar-refractivity contribution in [2.75, 3.05) is 13.1 Å². The molecular weight excluding hydrogens is 336 g/mol. The van der Waals surface area contributed by atoms with E-state index in [1.165, 1.54) is 11.1 Å². The molecule has 1 aromatic carbocycles. The van der Waals surface area contributed by atoms with E-state index < -0.39 is 6.10 Å². The quantitative estimate of drug-likeness (QED) is 0.857. The van der Waals surface area contributed by atoms with Crippen molar-refractivity contribution in [1.82, 2.24) is 4.90 Å². The molecule has 1 saturated heterocycles. The molecule has 1 aliphatic rings. The van der Waals surface area contributed by atoms with Gasteiger partial charge in [0.2, 0.25) is 0 Å². The summed E-state index contributed by atoms with van der Waals surface area (Å²) in [5.74, 6) is 1.70. The van der Waals surface area contributed by atoms with Gasteiger partial charge in [-0.1, -0.05) is 19.9 Å². The van der Waals surface area contributed by atoms with Gasteiger partial charge in [-0.3, -0.25) is 4.79 Å². The minimum atomic E-state index is -0.471. The number of likely N-dealkylation sites (tertiary alicyclic amines) is 1. The molecule has 0 aromatic heterocycles. The van der Waals surface area contributed by atoms with Crippen LogP contribution in [0, 0.1) is 12.8 Å². The lowest BCUT2D eigenvalue weighted by atomic mass is 9.92. The number of carbonyl (C=O) groups is 1. The first-order valence-electron chi connectivity index (χ1n) is 9.11. The topological polar surface area (TPSA) is 55.6 Å². The van der Waals surface area contributed by atoms with Crippen LogP contribution in [-0.4, -0.2) is 36.0 Å². The molecule has 1 aliphatic heterocycles. The summed E-state index contributed by atoms with van der Waals surface area (Å²) in [5, 5.41) is 0. The van der Waals surface area contributed by atoms with Crippen molar-refractivity contribution < 1.29 is 9.53 Å². The van der Waals surface area contributed by atoms with E-state index in [9.17, 15) is 4.79 Å². The van der Waals surface area contributed by atoms with Crippen LogP contribution in [0.3, 0.4) is 0 Å². The van der Waals surface area contributed by atoms with Gasteiger partial charge in [-0.05, 0) is 68.7 Å². The molecule has 2 rings (SSSR count). The number of hydrogen-bond acceptors (Lipinski definition) is 3. The van der Waals surface area contributed by atoms with Gasteiger partial charge in [0.25, 0.3) is 5.91 Å². The highest BCUT2D eigenvalue weighted by Gasteiger charge is 2.29. The van der Waals surface area contributed by atoms with Gasteiger partial charge in [-0.15, -0.1) is 12.4 Å². The Morgan fingerprint density at radius 1 is 1.28 bits per heavy atom. The average Bonchev–Trinajstić information content (AvgIpc) is 2.53. The van der Waals surface area contributed by atoms with E-state index in [1.807, 2.05) is 30.9 Å². The number of aryl methyl sites for hydroxylation is 1. The zero-order valence-corrected chi connectivity index (χ0v) is 16.9. The summed E-state index contributed by atoms with van der Waals surface area (Å²) >= 11 is 0. The van der Waals surface area contributed by atoms with E-state index in [2.05, 4.69) is 26.8 Å². The maximum Gasteiger partial charge on any atom is 0.263 e. The second kappa shape index (κ2) is 9.44. The third-order valence-corrected chi connectivity index (χ3v) is 5.04. The Labute approximate surface area is 158 Å². The molecule has 0 bridgehead atoms. The van der Waals surface area contributed by atoms with Crippen molar-refractivity contribution in [3.8, 4) is 5.75 Å². The Morgan fingerprint density at radius 3 is 2.52 bits per heavy atom. The van der Waals surface area contributed by atoms with E-state index >= 15 is 0 Å². The number of nitrogens with two attached hydrogens (primary N) is 1. The van der Waals surface area contributed by atoms with Gasteiger partial charge in [0.1, 0.15) is 5.75 Å². The number of rotatable bonds is 5. The van der Waals surface area contributed by atoms with Crippen molar-refractivity contribution in [3.63, 3.8) is 0 Å². The summed E-state index contributed by atoms with van der Waals surface area (Å²) in [7, 11) is 0. The summed E-state index contributed by atoms with van der Waals surface area (Å²) in [6, 6.07) is 6.22. The molecule has 4 nitrogen and oxygen atoms in total. The van der Waals surface area contributed by atoms with E-state index in [4.69, 9.17) is 10.5 Å². The highest BCUT2D eigenvalue weighted by atomic mass is 35.5. The molecule has 1 amide bonds. The van der Waals surface area contributed by atoms with Crippen molar-refractivity contribution in [2.45, 2.75) is 65.5 Å². The van der Waals surface area contributed by atoms with Gasteiger partial charge in [0.15, 0.2) is 6.10 Å². The third kappa shape index (κ3) is 5.61. The molecule has 5 heteroatoms. The normalized spacial score (nSPS) is 20.0. The largest absolute Gasteiger partial charge is 0.481 e. The minimum absolute atomic E-state index is 0. The van der Waals surface area contributed by atoms with Crippen LogP contribution in [0.15, 0.2) is 18.2 Å². The predicted octanol–water partition coefficient (Wildman–Crippen LogP) is 3.89. The molecular formula is C20H33ClN2O2. The molecule has 1 heterocycles. The zero-order chi connectivity index (χ0) is 17.9. The number of benzene rings is 1. The number of carbonyl (C=O) groups excluding carboxylic acids is 1. The molecule has 2 N–H and O–H groups in total. The monoisotopic (exact) mass is 368 g/mol. The summed E-state index contributed by atoms with van der Waals surface area (Å²) in [5.41, 5.74) is 8.54. The van der Waals surface area contributed by atoms with Gasteiger partial charge < -0.3 is 15.4 Å². The molecule has 142 valence electrons. The van der Waals surface area contributed by atoms with Crippen LogP contribution < -0.4 is 10.5 Å². The Kier molecular flexibility index (Phi) is 8.23. The maximum absolute atomic E-state index is 12.7. The SMILES string of the molecule is Cc1cc(OC(C)C(=O)N2CCCC(C(C)N)C2)ccc1C(C)C.Cl. The number of ether oxygens (including phenoxy) is 1. The molecule has 0 spiro atoms. The molecule has 0 saturated carbocycles. The van der Waals surface area contributed by atoms with Crippen molar-refractivity contribution >= 4 is 18.3 Å². The standard InChI is InChI=1S/C20H32N2O2.ClH/c1-13(2)19-9-8-18(11-14(19)3)24-16(5)20(23)22-10-6-7-17(12-22)15(4)21;/h8-9,11,13,15-17H,6-7,10,12,21H2,1-5H3;1H. The van der Waals surface area contributed by atoms with Gasteiger partial charge in [0, 0.05) is 19.1 Å². The Hall–Kier alpha value is -1.26. The summed E-state index contributed by atoms with van der Waals surface area (Å²) in [6.45, 7) is 11.9. The summed E-state index contributed by atoms with van der Waals surface area (Å²) < 4.78 is 5.92. The molecule has 0 aliphatic carbocycles. The van der Waals surface area contributed by atoms with Gasteiger partial charge in [-0.25, -0.2) is 0 Å². The van der Waals surface area contributed by atoms with Crippen LogP contribution in [0.2, 0.25) is 0 Å². The molecule has 25 heavy (non-hydrogen) atoms. The Morgan fingerprint density at radius 2 is 1.96 bits per heavy atom. The van der Waals surface area contributed by atoms with Crippen LogP contribution in [0.5, 0.6) is 5.75 Å². The van der Waals surface area contributed by atoms with Crippen molar-refractivity contribution in [3.05, 3.63) is 29.3 Å². The maximum atomic E-state index is 12.7. The average molecular weight is 369 g/mol. The zero-order valence-electron chi connectivity index (χ0n) is 16.1. The minimum Gasteiger partial charge on any atom is -0.481 e. The Balaban J connectivity index is 0.00000312. The van der Waals surface area contributed by atoms with Crippen LogP contribution in [0.4, 0.5) is 0 Å². The molecule has 0 radical (unpaired) electrons. The third-order valence-electron chi connectivity index (χ3n) is 5.04. The first-order valence-corrected chi connectivity index (χ1v) is 9.11. The van der Waals surface area contributed by atoms with E-state index in [0.29, 0.717) is 11.8 Å². The number of hydrogen-bond donors (Lipinski definition) is 1. The number of halogens is 1. The number of amides is 1. The second-order valence-electron chi connectivity index (χ2n) is 7.48. The number of nitrogens with zero attached hydrogens (tertiary/aromatic N) is 1. The fraction of sp³-hybridized carbons (Fsp3) is 0.650. The fourth-order valence-electron chi connectivity index (χ4n) is 3.52. The lowest BCUT2D eigenvalue weighted by molar-refractivity contribution is -0.139. The van der Waals surface area contributed by atoms with E-state index in [1.54, 1.807) is 0 Å². The van der Waals surface area contributed by atoms with Crippen LogP contribution in [0.1, 0.15) is 57.6 Å². The highest BCUT2D eigenvalue weighted by molar-refractivity contribution is 5.85. The van der Waals surface area contributed by atoms with Crippen LogP contribution >= 0.6 is 12.4 Å². The molecule has 3 atom stereocenters. The molecule has 1 aromatic rings. The lowest BCUT2D eigenvalue weighted by Crippen LogP contribution is -2.48. The first kappa shape index (κ1) is 21.8. The van der Waals surface area contributed by atoms with E-state index in [-0.39, 0.29) is 24.4 Å². The summed E-state index contributed by atoms with van der Waals surface area (Å²) in [6.07, 6.45) is 1.65. The lowest BCUT2D eigenvalue weighted by Gasteiger charge is -2.35. The molecule has 1 fully saturated rings. The molecule has 3 unspecified atom stereocenters. The highest BCUT2D eigenvalue weighted by Crippen LogP contribution is 2.25. The van der Waals surface area contributed by atoms with Gasteiger partial charge in [-0.2, -0.15) is 0 Å². The fourth-order valence-corrected chi connectivity index (χ4v) is 3.52.